The fraction of sp³-hybridized carbons (Fsp3) is 0.259. The third-order valence-electron chi connectivity index (χ3n) is 6.96. The molecule has 0 bridgehead atoms. The summed E-state index contributed by atoms with van der Waals surface area (Å²) < 4.78 is 6.37. The zero-order valence-corrected chi connectivity index (χ0v) is 20.6. The number of benzene rings is 3. The number of aryl methyl sites for hydroxylation is 2. The van der Waals surface area contributed by atoms with E-state index in [4.69, 9.17) is 27.9 Å². The molecule has 3 aromatic rings. The molecule has 0 radical (unpaired) electrons. The number of aromatic carboxylic acids is 1. The van der Waals surface area contributed by atoms with E-state index in [-0.39, 0.29) is 26.7 Å². The second-order valence-corrected chi connectivity index (χ2v) is 9.95. The van der Waals surface area contributed by atoms with E-state index in [1.165, 1.54) is 6.07 Å². The van der Waals surface area contributed by atoms with Gasteiger partial charge in [-0.15, -0.1) is 0 Å². The number of halogens is 2. The fourth-order valence-corrected chi connectivity index (χ4v) is 5.93. The zero-order chi connectivity index (χ0) is 25.1. The van der Waals surface area contributed by atoms with Crippen LogP contribution in [0.3, 0.4) is 0 Å². The van der Waals surface area contributed by atoms with Crippen LogP contribution in [0.1, 0.15) is 57.3 Å². The number of ether oxygens (including phenoxy) is 1. The molecule has 9 heteroatoms. The molecule has 0 unspecified atom stereocenters. The van der Waals surface area contributed by atoms with Crippen molar-refractivity contribution in [2.45, 2.75) is 32.0 Å². The molecular formula is C27H22Cl2N2O5. The van der Waals surface area contributed by atoms with Crippen LogP contribution in [0.25, 0.3) is 5.57 Å². The van der Waals surface area contributed by atoms with Crippen molar-refractivity contribution in [3.8, 4) is 11.5 Å². The van der Waals surface area contributed by atoms with E-state index in [1.807, 2.05) is 24.3 Å². The summed E-state index contributed by atoms with van der Waals surface area (Å²) in [5.74, 6) is -0.207. The van der Waals surface area contributed by atoms with Gasteiger partial charge < -0.3 is 25.4 Å². The van der Waals surface area contributed by atoms with Gasteiger partial charge in [0, 0.05) is 58.4 Å². The van der Waals surface area contributed by atoms with Crippen LogP contribution in [-0.2, 0) is 12.8 Å². The second kappa shape index (κ2) is 8.78. The Morgan fingerprint density at radius 1 is 1.03 bits per heavy atom. The number of rotatable bonds is 3. The Kier molecular flexibility index (Phi) is 5.68. The molecule has 0 saturated heterocycles. The molecule has 3 aromatic carbocycles. The van der Waals surface area contributed by atoms with Gasteiger partial charge in [0.1, 0.15) is 11.5 Å². The lowest BCUT2D eigenvalue weighted by Crippen LogP contribution is -2.26. The molecule has 0 spiro atoms. The SMILES string of the molecule is O=C(O)c1c(Cl)cc(C(O)O)c(Cl)c1C1=c2cc3c(cc2Oc2cc4c(cc21)CCCN4)=NCCC3. The van der Waals surface area contributed by atoms with E-state index in [2.05, 4.69) is 10.3 Å². The monoisotopic (exact) mass is 524 g/mol. The average Bonchev–Trinajstić information content (AvgIpc) is 2.85. The van der Waals surface area contributed by atoms with Crippen molar-refractivity contribution < 1.29 is 24.9 Å². The summed E-state index contributed by atoms with van der Waals surface area (Å²) in [6.45, 7) is 1.59. The molecule has 36 heavy (non-hydrogen) atoms. The van der Waals surface area contributed by atoms with E-state index < -0.39 is 12.3 Å². The van der Waals surface area contributed by atoms with Crippen molar-refractivity contribution in [3.05, 3.63) is 84.3 Å². The van der Waals surface area contributed by atoms with Gasteiger partial charge in [0.25, 0.3) is 0 Å². The fourth-order valence-electron chi connectivity index (χ4n) is 5.30. The summed E-state index contributed by atoms with van der Waals surface area (Å²) in [6, 6.07) is 8.95. The topological polar surface area (TPSA) is 111 Å². The summed E-state index contributed by atoms with van der Waals surface area (Å²) in [4.78, 5) is 17.1. The number of hydrogen-bond acceptors (Lipinski definition) is 6. The first-order valence-corrected chi connectivity index (χ1v) is 12.5. The van der Waals surface area contributed by atoms with Crippen molar-refractivity contribution in [2.24, 2.45) is 4.99 Å². The minimum atomic E-state index is -1.94. The standard InChI is InChI=1S/C27H22Cl2N2O5/c28-17-9-16(26(32)33)25(29)24(23(17)27(34)35)22-14-7-12-3-1-5-30-18(12)10-20(14)36-21-11-19-13(8-15(21)22)4-2-6-31-19/h7-11,26,30,32-33H,1-6H2,(H,34,35). The molecule has 0 atom stereocenters. The van der Waals surface area contributed by atoms with E-state index in [9.17, 15) is 20.1 Å². The van der Waals surface area contributed by atoms with Crippen molar-refractivity contribution in [3.63, 3.8) is 0 Å². The molecule has 0 saturated carbocycles. The maximum Gasteiger partial charge on any atom is 0.337 e. The number of carboxylic acid groups (broad SMARTS) is 1. The molecule has 3 heterocycles. The Labute approximate surface area is 216 Å². The van der Waals surface area contributed by atoms with Gasteiger partial charge in [0.05, 0.1) is 21.0 Å². The lowest BCUT2D eigenvalue weighted by atomic mass is 9.85. The summed E-state index contributed by atoms with van der Waals surface area (Å²) in [5, 5.41) is 34.9. The minimum absolute atomic E-state index is 0.0728. The summed E-state index contributed by atoms with van der Waals surface area (Å²) in [5.41, 5.74) is 4.11. The second-order valence-electron chi connectivity index (χ2n) is 9.17. The summed E-state index contributed by atoms with van der Waals surface area (Å²) in [6.07, 6.45) is 1.62. The Morgan fingerprint density at radius 3 is 2.61 bits per heavy atom. The number of hydrogen-bond donors (Lipinski definition) is 4. The van der Waals surface area contributed by atoms with Gasteiger partial charge >= 0.3 is 5.97 Å². The third kappa shape index (κ3) is 3.66. The van der Waals surface area contributed by atoms with Crippen molar-refractivity contribution >= 4 is 40.4 Å². The number of aliphatic hydroxyl groups is 2. The number of carbonyl (C=O) groups is 1. The largest absolute Gasteiger partial charge is 0.478 e. The predicted molar refractivity (Wildman–Crippen MR) is 136 cm³/mol. The number of aliphatic hydroxyl groups excluding tert-OH is 1. The van der Waals surface area contributed by atoms with Crippen LogP contribution in [0.2, 0.25) is 10.0 Å². The van der Waals surface area contributed by atoms with Gasteiger partial charge in [-0.1, -0.05) is 23.2 Å². The molecule has 3 aliphatic rings. The highest BCUT2D eigenvalue weighted by atomic mass is 35.5. The quantitative estimate of drug-likeness (QED) is 0.302. The maximum absolute atomic E-state index is 12.5. The Morgan fingerprint density at radius 2 is 1.83 bits per heavy atom. The molecule has 0 fully saturated rings. The van der Waals surface area contributed by atoms with Crippen LogP contribution in [-0.4, -0.2) is 34.4 Å². The third-order valence-corrected chi connectivity index (χ3v) is 7.66. The number of nitrogens with one attached hydrogen (secondary N) is 1. The van der Waals surface area contributed by atoms with Crippen molar-refractivity contribution in [2.75, 3.05) is 18.4 Å². The van der Waals surface area contributed by atoms with Gasteiger partial charge in [-0.2, -0.15) is 0 Å². The summed E-state index contributed by atoms with van der Waals surface area (Å²) >= 11 is 13.2. The van der Waals surface area contributed by atoms with Crippen LogP contribution in [0.5, 0.6) is 11.5 Å². The normalized spacial score (nSPS) is 15.6. The highest BCUT2D eigenvalue weighted by molar-refractivity contribution is 6.38. The first-order valence-electron chi connectivity index (χ1n) is 11.8. The lowest BCUT2D eigenvalue weighted by molar-refractivity contribution is -0.0424. The molecule has 0 aromatic heterocycles. The van der Waals surface area contributed by atoms with Crippen LogP contribution in [0, 0.1) is 0 Å². The molecule has 3 aliphatic heterocycles. The molecular weight excluding hydrogens is 503 g/mol. The Balaban J connectivity index is 1.79. The Bertz CT molecular complexity index is 1580. The highest BCUT2D eigenvalue weighted by Crippen LogP contribution is 2.45. The van der Waals surface area contributed by atoms with E-state index in [0.29, 0.717) is 27.9 Å². The van der Waals surface area contributed by atoms with Gasteiger partial charge in [-0.3, -0.25) is 4.99 Å². The molecule has 4 N–H and O–H groups in total. The smallest absolute Gasteiger partial charge is 0.337 e. The van der Waals surface area contributed by atoms with Crippen LogP contribution in [0.15, 0.2) is 35.3 Å². The lowest BCUT2D eigenvalue weighted by Gasteiger charge is -2.28. The van der Waals surface area contributed by atoms with E-state index in [1.54, 1.807) is 0 Å². The molecule has 0 amide bonds. The van der Waals surface area contributed by atoms with Gasteiger partial charge in [0.15, 0.2) is 6.29 Å². The average molecular weight is 525 g/mol. The number of fused-ring (bicyclic) bond motifs is 4. The number of anilines is 1. The van der Waals surface area contributed by atoms with Crippen LogP contribution < -0.4 is 20.6 Å². The van der Waals surface area contributed by atoms with E-state index in [0.717, 1.165) is 60.9 Å². The van der Waals surface area contributed by atoms with Gasteiger partial charge in [0.2, 0.25) is 0 Å². The number of nitrogens with zero attached hydrogens (tertiary/aromatic N) is 1. The van der Waals surface area contributed by atoms with Crippen molar-refractivity contribution in [1.29, 1.82) is 0 Å². The summed E-state index contributed by atoms with van der Waals surface area (Å²) in [7, 11) is 0. The van der Waals surface area contributed by atoms with Crippen molar-refractivity contribution in [1.82, 2.24) is 0 Å². The number of carboxylic acids is 1. The zero-order valence-electron chi connectivity index (χ0n) is 19.1. The van der Waals surface area contributed by atoms with Gasteiger partial charge in [-0.05, 0) is 55.0 Å². The van der Waals surface area contributed by atoms with Crippen LogP contribution >= 0.6 is 23.2 Å². The minimum Gasteiger partial charge on any atom is -0.478 e. The first kappa shape index (κ1) is 23.3. The molecule has 6 rings (SSSR count). The highest BCUT2D eigenvalue weighted by Gasteiger charge is 2.31. The Hall–Kier alpha value is -3.10. The first-order chi connectivity index (χ1) is 17.3. The molecule has 0 aliphatic carbocycles. The van der Waals surface area contributed by atoms with E-state index >= 15 is 0 Å². The molecule has 7 nitrogen and oxygen atoms in total. The van der Waals surface area contributed by atoms with Crippen LogP contribution in [0.4, 0.5) is 5.69 Å². The molecule has 184 valence electrons. The maximum atomic E-state index is 12.5. The van der Waals surface area contributed by atoms with Gasteiger partial charge in [-0.25, -0.2) is 4.79 Å². The predicted octanol–water partition coefficient (Wildman–Crippen LogP) is 3.95.